The van der Waals surface area contributed by atoms with Crippen LogP contribution in [0.3, 0.4) is 0 Å². The molecule has 0 aromatic heterocycles. The number of nitrogens with one attached hydrogen (secondary N) is 1. The van der Waals surface area contributed by atoms with Crippen LogP contribution in [0.1, 0.15) is 10.4 Å². The molecular weight excluding hydrogens is 393 g/mol. The Labute approximate surface area is 132 Å². The van der Waals surface area contributed by atoms with Crippen LogP contribution >= 0.6 is 31.9 Å². The average molecular weight is 403 g/mol. The molecule has 6 heteroatoms. The fraction of sp³-hybridized carbons (Fsp3) is 0.0714. The highest BCUT2D eigenvalue weighted by atomic mass is 79.9. The van der Waals surface area contributed by atoms with Gasteiger partial charge in [0.05, 0.1) is 18.4 Å². The van der Waals surface area contributed by atoms with E-state index in [-0.39, 0.29) is 5.69 Å². The van der Waals surface area contributed by atoms with Crippen LogP contribution in [-0.4, -0.2) is 13.0 Å². The van der Waals surface area contributed by atoms with Gasteiger partial charge >= 0.3 is 0 Å². The Morgan fingerprint density at radius 2 is 1.80 bits per heavy atom. The molecule has 1 N–H and O–H groups in total. The summed E-state index contributed by atoms with van der Waals surface area (Å²) in [6.45, 7) is 0. The number of rotatable bonds is 3. The molecule has 0 radical (unpaired) electrons. The summed E-state index contributed by atoms with van der Waals surface area (Å²) in [6, 6.07) is 9.33. The van der Waals surface area contributed by atoms with E-state index >= 15 is 0 Å². The molecule has 2 aromatic rings. The number of carbonyl (C=O) groups excluding carboxylic acids is 1. The minimum absolute atomic E-state index is 0.106. The molecule has 0 unspecified atom stereocenters. The molecule has 104 valence electrons. The van der Waals surface area contributed by atoms with Crippen molar-refractivity contribution in [3.63, 3.8) is 0 Å². The Morgan fingerprint density at radius 1 is 1.15 bits per heavy atom. The second-order valence-corrected chi connectivity index (χ2v) is 5.75. The molecule has 0 saturated heterocycles. The van der Waals surface area contributed by atoms with Crippen molar-refractivity contribution in [2.45, 2.75) is 0 Å². The molecule has 3 nitrogen and oxygen atoms in total. The molecule has 2 aromatic carbocycles. The normalized spacial score (nSPS) is 10.2. The van der Waals surface area contributed by atoms with E-state index in [4.69, 9.17) is 4.74 Å². The molecule has 0 saturated carbocycles. The van der Waals surface area contributed by atoms with Crippen molar-refractivity contribution in [1.82, 2.24) is 0 Å². The van der Waals surface area contributed by atoms with Crippen LogP contribution < -0.4 is 10.1 Å². The highest BCUT2D eigenvalue weighted by Crippen LogP contribution is 2.26. The van der Waals surface area contributed by atoms with Gasteiger partial charge in [-0.15, -0.1) is 0 Å². The molecule has 0 aliphatic rings. The Bertz CT molecular complexity index is 662. The zero-order valence-corrected chi connectivity index (χ0v) is 13.6. The highest BCUT2D eigenvalue weighted by Gasteiger charge is 2.14. The number of amides is 1. The first kappa shape index (κ1) is 15.0. The minimum Gasteiger partial charge on any atom is -0.496 e. The Hall–Kier alpha value is -1.40. The summed E-state index contributed by atoms with van der Waals surface area (Å²) >= 11 is 6.53. The lowest BCUT2D eigenvalue weighted by Gasteiger charge is -2.10. The van der Waals surface area contributed by atoms with E-state index in [0.29, 0.717) is 15.8 Å². The predicted octanol–water partition coefficient (Wildman–Crippen LogP) is 4.61. The van der Waals surface area contributed by atoms with Gasteiger partial charge in [-0.2, -0.15) is 0 Å². The second kappa shape index (κ2) is 6.37. The third kappa shape index (κ3) is 3.37. The van der Waals surface area contributed by atoms with Gasteiger partial charge in [-0.3, -0.25) is 4.79 Å². The van der Waals surface area contributed by atoms with E-state index < -0.39 is 11.7 Å². The first-order chi connectivity index (χ1) is 9.51. The van der Waals surface area contributed by atoms with Crippen LogP contribution in [0, 0.1) is 5.82 Å². The summed E-state index contributed by atoms with van der Waals surface area (Å²) in [5.74, 6) is -0.531. The molecular formula is C14H10Br2FNO2. The zero-order chi connectivity index (χ0) is 14.7. The predicted molar refractivity (Wildman–Crippen MR) is 82.7 cm³/mol. The molecule has 0 bridgehead atoms. The highest BCUT2D eigenvalue weighted by molar-refractivity contribution is 9.10. The Morgan fingerprint density at radius 3 is 2.50 bits per heavy atom. The van der Waals surface area contributed by atoms with Gasteiger partial charge in [0, 0.05) is 8.95 Å². The van der Waals surface area contributed by atoms with E-state index in [9.17, 15) is 9.18 Å². The summed E-state index contributed by atoms with van der Waals surface area (Å²) < 4.78 is 20.2. The van der Waals surface area contributed by atoms with Gasteiger partial charge in [0.15, 0.2) is 0 Å². The fourth-order valence-corrected chi connectivity index (χ4v) is 2.34. The summed E-state index contributed by atoms with van der Waals surface area (Å²) in [5, 5.41) is 2.52. The Balaban J connectivity index is 2.30. The number of ether oxygens (including phenoxy) is 1. The van der Waals surface area contributed by atoms with Crippen molar-refractivity contribution in [2.75, 3.05) is 12.4 Å². The number of hydrogen-bond donors (Lipinski definition) is 1. The molecule has 0 spiro atoms. The molecule has 20 heavy (non-hydrogen) atoms. The van der Waals surface area contributed by atoms with Crippen molar-refractivity contribution in [3.05, 3.63) is 56.7 Å². The van der Waals surface area contributed by atoms with E-state index in [0.717, 1.165) is 4.47 Å². The zero-order valence-electron chi connectivity index (χ0n) is 10.4. The maximum Gasteiger partial charge on any atom is 0.259 e. The summed E-state index contributed by atoms with van der Waals surface area (Å²) in [6.07, 6.45) is 0. The maximum absolute atomic E-state index is 13.6. The van der Waals surface area contributed by atoms with Crippen LogP contribution in [0.25, 0.3) is 0 Å². The molecule has 0 heterocycles. The van der Waals surface area contributed by atoms with Gasteiger partial charge in [-0.05, 0) is 36.4 Å². The standard InChI is InChI=1S/C14H10Br2FNO2/c1-20-13-7-9(16)2-4-10(13)14(19)18-12-6-8(15)3-5-11(12)17/h2-7H,1H3,(H,18,19). The SMILES string of the molecule is COc1cc(Br)ccc1C(=O)Nc1cc(Br)ccc1F. The maximum atomic E-state index is 13.6. The topological polar surface area (TPSA) is 38.3 Å². The molecule has 0 aliphatic carbocycles. The number of carbonyl (C=O) groups is 1. The van der Waals surface area contributed by atoms with Crippen LogP contribution in [0.5, 0.6) is 5.75 Å². The van der Waals surface area contributed by atoms with E-state index in [1.165, 1.54) is 19.2 Å². The van der Waals surface area contributed by atoms with Crippen molar-refractivity contribution < 1.29 is 13.9 Å². The monoisotopic (exact) mass is 401 g/mol. The van der Waals surface area contributed by atoms with Crippen LogP contribution in [0.4, 0.5) is 10.1 Å². The van der Waals surface area contributed by atoms with E-state index in [2.05, 4.69) is 37.2 Å². The smallest absolute Gasteiger partial charge is 0.259 e. The summed E-state index contributed by atoms with van der Waals surface area (Å²) in [5.41, 5.74) is 0.435. The average Bonchev–Trinajstić information content (AvgIpc) is 2.42. The van der Waals surface area contributed by atoms with Crippen molar-refractivity contribution in [3.8, 4) is 5.75 Å². The summed E-state index contributed by atoms with van der Waals surface area (Å²) in [7, 11) is 1.47. The lowest BCUT2D eigenvalue weighted by Crippen LogP contribution is -2.14. The second-order valence-electron chi connectivity index (χ2n) is 3.92. The fourth-order valence-electron chi connectivity index (χ4n) is 1.64. The number of anilines is 1. The number of benzene rings is 2. The third-order valence-corrected chi connectivity index (χ3v) is 3.57. The largest absolute Gasteiger partial charge is 0.496 e. The van der Waals surface area contributed by atoms with Crippen LogP contribution in [0.15, 0.2) is 45.3 Å². The number of methoxy groups -OCH3 is 1. The number of hydrogen-bond acceptors (Lipinski definition) is 2. The van der Waals surface area contributed by atoms with Crippen LogP contribution in [-0.2, 0) is 0 Å². The van der Waals surface area contributed by atoms with Gasteiger partial charge in [-0.1, -0.05) is 31.9 Å². The third-order valence-electron chi connectivity index (χ3n) is 2.58. The van der Waals surface area contributed by atoms with Gasteiger partial charge in [-0.25, -0.2) is 4.39 Å². The van der Waals surface area contributed by atoms with Gasteiger partial charge in [0.25, 0.3) is 5.91 Å². The molecule has 0 fully saturated rings. The van der Waals surface area contributed by atoms with Crippen LogP contribution in [0.2, 0.25) is 0 Å². The van der Waals surface area contributed by atoms with Gasteiger partial charge < -0.3 is 10.1 Å². The summed E-state index contributed by atoms with van der Waals surface area (Å²) in [4.78, 5) is 12.2. The quantitative estimate of drug-likeness (QED) is 0.813. The van der Waals surface area contributed by atoms with Gasteiger partial charge in [0.2, 0.25) is 0 Å². The van der Waals surface area contributed by atoms with E-state index in [1.807, 2.05) is 0 Å². The van der Waals surface area contributed by atoms with Gasteiger partial charge in [0.1, 0.15) is 11.6 Å². The van der Waals surface area contributed by atoms with Crippen molar-refractivity contribution >= 4 is 43.5 Å². The minimum atomic E-state index is -0.502. The van der Waals surface area contributed by atoms with Crippen molar-refractivity contribution in [1.29, 1.82) is 0 Å². The van der Waals surface area contributed by atoms with E-state index in [1.54, 1.807) is 24.3 Å². The first-order valence-corrected chi connectivity index (χ1v) is 7.20. The molecule has 1 amide bonds. The number of halogens is 3. The lowest BCUT2D eigenvalue weighted by atomic mass is 10.2. The molecule has 0 aliphatic heterocycles. The first-order valence-electron chi connectivity index (χ1n) is 5.61. The van der Waals surface area contributed by atoms with Crippen molar-refractivity contribution in [2.24, 2.45) is 0 Å². The molecule has 0 atom stereocenters. The molecule has 2 rings (SSSR count). The lowest BCUT2D eigenvalue weighted by molar-refractivity contribution is 0.102. The Kier molecular flexibility index (Phi) is 4.77.